The van der Waals surface area contributed by atoms with Crippen molar-refractivity contribution in [3.05, 3.63) is 74.6 Å². The van der Waals surface area contributed by atoms with Gasteiger partial charge in [-0.2, -0.15) is 0 Å². The molecule has 2 aromatic carbocycles. The van der Waals surface area contributed by atoms with E-state index in [1.807, 2.05) is 32.0 Å². The van der Waals surface area contributed by atoms with Gasteiger partial charge in [0.2, 0.25) is 10.9 Å². The first-order chi connectivity index (χ1) is 17.8. The summed E-state index contributed by atoms with van der Waals surface area (Å²) in [6.07, 6.45) is 0.909. The number of benzene rings is 2. The number of amides is 1. The van der Waals surface area contributed by atoms with Crippen molar-refractivity contribution in [1.82, 2.24) is 10.2 Å². The fourth-order valence-corrected chi connectivity index (χ4v) is 5.24. The van der Waals surface area contributed by atoms with Crippen molar-refractivity contribution in [3.63, 3.8) is 0 Å². The molecule has 8 nitrogen and oxygen atoms in total. The molecule has 3 heterocycles. The van der Waals surface area contributed by atoms with Gasteiger partial charge in [0.1, 0.15) is 10.6 Å². The van der Waals surface area contributed by atoms with Crippen molar-refractivity contribution in [2.24, 2.45) is 5.92 Å². The van der Waals surface area contributed by atoms with Crippen LogP contribution in [0.4, 0.5) is 5.13 Å². The molecule has 0 unspecified atom stereocenters. The molecule has 4 aromatic rings. The van der Waals surface area contributed by atoms with Crippen LogP contribution in [0.25, 0.3) is 11.0 Å². The third kappa shape index (κ3) is 4.48. The quantitative estimate of drug-likeness (QED) is 0.284. The number of fused-ring (bicyclic) bond motifs is 2. The lowest BCUT2D eigenvalue weighted by atomic mass is 9.98. The molecule has 0 fully saturated rings. The summed E-state index contributed by atoms with van der Waals surface area (Å²) < 4.78 is 17.6. The lowest BCUT2D eigenvalue weighted by Crippen LogP contribution is -2.29. The van der Waals surface area contributed by atoms with Crippen LogP contribution in [0.15, 0.2) is 51.7 Å². The number of hydrogen-bond donors (Lipinski definition) is 0. The Balaban J connectivity index is 1.66. The summed E-state index contributed by atoms with van der Waals surface area (Å²) in [5.41, 5.74) is 1.08. The Morgan fingerprint density at radius 3 is 2.54 bits per heavy atom. The molecule has 0 saturated carbocycles. The fourth-order valence-electron chi connectivity index (χ4n) is 4.37. The number of nitrogens with zero attached hydrogens (tertiary/aromatic N) is 3. The minimum absolute atomic E-state index is 0.0197. The number of rotatable bonds is 8. The van der Waals surface area contributed by atoms with Gasteiger partial charge in [-0.15, -0.1) is 10.2 Å². The molecular formula is C28H29N3O5S. The van der Waals surface area contributed by atoms with Crippen LogP contribution in [0.1, 0.15) is 72.8 Å². The van der Waals surface area contributed by atoms with Crippen LogP contribution in [0.2, 0.25) is 0 Å². The van der Waals surface area contributed by atoms with Crippen molar-refractivity contribution in [1.29, 1.82) is 0 Å². The Labute approximate surface area is 218 Å². The Hall–Kier alpha value is -3.72. The SMILES string of the molecule is COc1cc([C@H]2c3c(oc4ccccc4c3=O)C(=O)N2c2nnc(C(C)C)s2)ccc1OCCC(C)C. The van der Waals surface area contributed by atoms with Crippen LogP contribution in [-0.4, -0.2) is 29.8 Å². The van der Waals surface area contributed by atoms with Crippen LogP contribution in [0, 0.1) is 5.92 Å². The van der Waals surface area contributed by atoms with Crippen molar-refractivity contribution in [2.45, 2.75) is 46.1 Å². The van der Waals surface area contributed by atoms with Crippen molar-refractivity contribution in [3.8, 4) is 11.5 Å². The van der Waals surface area contributed by atoms with Gasteiger partial charge in [-0.25, -0.2) is 0 Å². The third-order valence-electron chi connectivity index (χ3n) is 6.36. The number of hydrogen-bond acceptors (Lipinski definition) is 8. The number of para-hydroxylation sites is 1. The molecule has 2 aromatic heterocycles. The van der Waals surface area contributed by atoms with Crippen molar-refractivity contribution in [2.75, 3.05) is 18.6 Å². The predicted molar refractivity (Wildman–Crippen MR) is 143 cm³/mol. The molecule has 5 rings (SSSR count). The van der Waals surface area contributed by atoms with Crippen molar-refractivity contribution >= 4 is 33.3 Å². The van der Waals surface area contributed by atoms with E-state index >= 15 is 0 Å². The van der Waals surface area contributed by atoms with E-state index in [9.17, 15) is 9.59 Å². The maximum absolute atomic E-state index is 13.8. The second-order valence-electron chi connectivity index (χ2n) is 9.77. The Morgan fingerprint density at radius 2 is 1.84 bits per heavy atom. The average molecular weight is 520 g/mol. The van der Waals surface area contributed by atoms with E-state index in [4.69, 9.17) is 13.9 Å². The summed E-state index contributed by atoms with van der Waals surface area (Å²) in [7, 11) is 1.57. The summed E-state index contributed by atoms with van der Waals surface area (Å²) in [5, 5.41) is 10.2. The molecule has 1 aliphatic rings. The second kappa shape index (κ2) is 9.97. The highest BCUT2D eigenvalue weighted by Gasteiger charge is 2.45. The highest BCUT2D eigenvalue weighted by atomic mass is 32.1. The van der Waals surface area contributed by atoms with E-state index in [0.29, 0.717) is 45.7 Å². The minimum atomic E-state index is -0.755. The first kappa shape index (κ1) is 25.0. The molecule has 9 heteroatoms. The van der Waals surface area contributed by atoms with E-state index in [1.54, 1.807) is 31.4 Å². The summed E-state index contributed by atoms with van der Waals surface area (Å²) >= 11 is 1.33. The molecule has 1 aliphatic heterocycles. The van der Waals surface area contributed by atoms with E-state index in [-0.39, 0.29) is 22.7 Å². The zero-order valence-electron chi connectivity index (χ0n) is 21.5. The maximum Gasteiger partial charge on any atom is 0.297 e. The third-order valence-corrected chi connectivity index (χ3v) is 7.59. The first-order valence-corrected chi connectivity index (χ1v) is 13.1. The van der Waals surface area contributed by atoms with Crippen molar-refractivity contribution < 1.29 is 18.7 Å². The molecule has 1 amide bonds. The molecule has 0 radical (unpaired) electrons. The minimum Gasteiger partial charge on any atom is -0.493 e. The summed E-state index contributed by atoms with van der Waals surface area (Å²) in [5.74, 6) is 1.38. The zero-order chi connectivity index (χ0) is 26.3. The van der Waals surface area contributed by atoms with Gasteiger partial charge >= 0.3 is 0 Å². The van der Waals surface area contributed by atoms with Gasteiger partial charge in [-0.05, 0) is 42.2 Å². The molecule has 192 valence electrons. The predicted octanol–water partition coefficient (Wildman–Crippen LogP) is 5.95. The highest BCUT2D eigenvalue weighted by Crippen LogP contribution is 2.44. The van der Waals surface area contributed by atoms with Gasteiger partial charge in [0.25, 0.3) is 5.91 Å². The van der Waals surface area contributed by atoms with Gasteiger partial charge in [-0.3, -0.25) is 14.5 Å². The molecule has 0 aliphatic carbocycles. The van der Waals surface area contributed by atoms with E-state index < -0.39 is 11.9 Å². The molecule has 1 atom stereocenters. The summed E-state index contributed by atoms with van der Waals surface area (Å²) in [4.78, 5) is 29.0. The van der Waals surface area contributed by atoms with Crippen LogP contribution in [-0.2, 0) is 0 Å². The lowest BCUT2D eigenvalue weighted by Gasteiger charge is -2.23. The average Bonchev–Trinajstić information content (AvgIpc) is 3.48. The van der Waals surface area contributed by atoms with E-state index in [0.717, 1.165) is 11.4 Å². The summed E-state index contributed by atoms with van der Waals surface area (Å²) in [6, 6.07) is 11.7. The van der Waals surface area contributed by atoms with Gasteiger partial charge < -0.3 is 13.9 Å². The number of carbonyl (C=O) groups is 1. The monoisotopic (exact) mass is 519 g/mol. The number of carbonyl (C=O) groups excluding carboxylic acids is 1. The fraction of sp³-hybridized carbons (Fsp3) is 0.357. The second-order valence-corrected chi connectivity index (χ2v) is 10.8. The number of methoxy groups -OCH3 is 1. The van der Waals surface area contributed by atoms with E-state index in [2.05, 4.69) is 24.0 Å². The highest BCUT2D eigenvalue weighted by molar-refractivity contribution is 7.15. The van der Waals surface area contributed by atoms with E-state index in [1.165, 1.54) is 16.2 Å². The number of anilines is 1. The molecule has 0 bridgehead atoms. The van der Waals surface area contributed by atoms with Crippen LogP contribution in [0.5, 0.6) is 11.5 Å². The first-order valence-electron chi connectivity index (χ1n) is 12.3. The Bertz CT molecular complexity index is 1520. The largest absolute Gasteiger partial charge is 0.493 e. The topological polar surface area (TPSA) is 94.8 Å². The molecule has 0 spiro atoms. The maximum atomic E-state index is 13.8. The molecule has 37 heavy (non-hydrogen) atoms. The molecule has 0 saturated heterocycles. The van der Waals surface area contributed by atoms with Gasteiger partial charge in [-0.1, -0.05) is 57.2 Å². The lowest BCUT2D eigenvalue weighted by molar-refractivity contribution is 0.0970. The Kier molecular flexibility index (Phi) is 6.72. The normalized spacial score (nSPS) is 15.2. The summed E-state index contributed by atoms with van der Waals surface area (Å²) in [6.45, 7) is 8.87. The standard InChI is InChI=1S/C28H29N3O5S/c1-15(2)12-13-35-20-11-10-17(14-21(20)34-5)23-22-24(32)18-8-6-7-9-19(18)36-25(22)27(33)31(23)28-30-29-26(37-28)16(3)4/h6-11,14-16,23H,12-13H2,1-5H3/t23-/m0/s1. The van der Waals surface area contributed by atoms with Gasteiger partial charge in [0.15, 0.2) is 16.9 Å². The van der Waals surface area contributed by atoms with Crippen LogP contribution >= 0.6 is 11.3 Å². The zero-order valence-corrected chi connectivity index (χ0v) is 22.3. The number of aromatic nitrogens is 2. The Morgan fingerprint density at radius 1 is 1.05 bits per heavy atom. The van der Waals surface area contributed by atoms with Gasteiger partial charge in [0, 0.05) is 5.92 Å². The molecular weight excluding hydrogens is 490 g/mol. The van der Waals surface area contributed by atoms with Crippen LogP contribution < -0.4 is 19.8 Å². The molecule has 0 N–H and O–H groups in total. The number of ether oxygens (including phenoxy) is 2. The van der Waals surface area contributed by atoms with Gasteiger partial charge in [0.05, 0.1) is 30.7 Å². The smallest absolute Gasteiger partial charge is 0.297 e. The van der Waals surface area contributed by atoms with Crippen LogP contribution in [0.3, 0.4) is 0 Å².